The smallest absolute Gasteiger partial charge is 0.307 e. The Morgan fingerprint density at radius 1 is 1.00 bits per heavy atom. The van der Waals surface area contributed by atoms with E-state index in [0.717, 1.165) is 25.2 Å². The van der Waals surface area contributed by atoms with Crippen LogP contribution in [0.25, 0.3) is 0 Å². The van der Waals surface area contributed by atoms with Crippen molar-refractivity contribution in [1.29, 1.82) is 0 Å². The maximum Gasteiger partial charge on any atom is 0.307 e. The highest BCUT2D eigenvalue weighted by Crippen LogP contribution is 2.12. The molecule has 0 spiro atoms. The van der Waals surface area contributed by atoms with Crippen LogP contribution in [-0.2, 0) is 17.8 Å². The van der Waals surface area contributed by atoms with Gasteiger partial charge >= 0.3 is 5.97 Å². The highest BCUT2D eigenvalue weighted by Gasteiger charge is 2.10. The van der Waals surface area contributed by atoms with E-state index in [1.165, 1.54) is 5.56 Å². The fraction of sp³-hybridized carbons (Fsp3) is 0.588. The van der Waals surface area contributed by atoms with Crippen LogP contribution in [0.1, 0.15) is 38.8 Å². The molecule has 0 atom stereocenters. The number of carboxylic acid groups (broad SMARTS) is 1. The Balaban J connectivity index is 2.65. The molecule has 1 aromatic carbocycles. The van der Waals surface area contributed by atoms with Crippen molar-refractivity contribution in [2.45, 2.75) is 40.7 Å². The Labute approximate surface area is 122 Å². The molecule has 1 aromatic rings. The molecule has 0 aromatic heterocycles. The molecule has 0 fully saturated rings. The predicted molar refractivity (Wildman–Crippen MR) is 82.7 cm³/mol. The number of hydrogen-bond acceptors (Lipinski definition) is 2. The van der Waals surface area contributed by atoms with Crippen molar-refractivity contribution in [2.24, 2.45) is 11.8 Å². The molecule has 0 saturated heterocycles. The highest BCUT2D eigenvalue weighted by atomic mass is 16.4. The van der Waals surface area contributed by atoms with Crippen molar-refractivity contribution in [3.05, 3.63) is 35.4 Å². The summed E-state index contributed by atoms with van der Waals surface area (Å²) in [5.74, 6) is 0.527. The van der Waals surface area contributed by atoms with Gasteiger partial charge in [0.05, 0.1) is 6.42 Å². The fourth-order valence-electron chi connectivity index (χ4n) is 2.43. The lowest BCUT2D eigenvalue weighted by Crippen LogP contribution is -2.30. The van der Waals surface area contributed by atoms with Gasteiger partial charge < -0.3 is 5.11 Å². The molecule has 112 valence electrons. The van der Waals surface area contributed by atoms with E-state index in [0.29, 0.717) is 11.8 Å². The average molecular weight is 277 g/mol. The highest BCUT2D eigenvalue weighted by molar-refractivity contribution is 5.70. The van der Waals surface area contributed by atoms with Gasteiger partial charge in [0.25, 0.3) is 0 Å². The van der Waals surface area contributed by atoms with Gasteiger partial charge in [0, 0.05) is 19.6 Å². The summed E-state index contributed by atoms with van der Waals surface area (Å²) in [7, 11) is 0. The number of nitrogens with zero attached hydrogens (tertiary/aromatic N) is 1. The minimum atomic E-state index is -0.779. The van der Waals surface area contributed by atoms with Crippen molar-refractivity contribution in [3.63, 3.8) is 0 Å². The lowest BCUT2D eigenvalue weighted by molar-refractivity contribution is -0.136. The zero-order valence-electron chi connectivity index (χ0n) is 13.1. The number of rotatable bonds is 8. The van der Waals surface area contributed by atoms with E-state index in [-0.39, 0.29) is 6.42 Å². The first-order chi connectivity index (χ1) is 9.36. The van der Waals surface area contributed by atoms with Crippen LogP contribution in [0.5, 0.6) is 0 Å². The fourth-order valence-corrected chi connectivity index (χ4v) is 2.43. The number of aliphatic carboxylic acids is 1. The van der Waals surface area contributed by atoms with Crippen LogP contribution in [-0.4, -0.2) is 29.1 Å². The van der Waals surface area contributed by atoms with E-state index in [4.69, 9.17) is 5.11 Å². The van der Waals surface area contributed by atoms with Crippen LogP contribution in [0.3, 0.4) is 0 Å². The Morgan fingerprint density at radius 3 is 1.85 bits per heavy atom. The Bertz CT molecular complexity index is 400. The maximum absolute atomic E-state index is 10.7. The molecular weight excluding hydrogens is 250 g/mol. The zero-order valence-corrected chi connectivity index (χ0v) is 13.1. The summed E-state index contributed by atoms with van der Waals surface area (Å²) in [6.07, 6.45) is 0.0992. The standard InChI is InChI=1S/C17H27NO2/c1-13(2)10-18(11-14(3)4)12-16-7-5-15(6-8-16)9-17(19)20/h5-8,13-14H,9-12H2,1-4H3,(H,19,20). The Kier molecular flexibility index (Phi) is 6.73. The second-order valence-electron chi connectivity index (χ2n) is 6.37. The second kappa shape index (κ2) is 8.05. The molecule has 0 aliphatic rings. The first-order valence-electron chi connectivity index (χ1n) is 7.38. The molecule has 0 aliphatic carbocycles. The first kappa shape index (κ1) is 16.7. The van der Waals surface area contributed by atoms with Gasteiger partial charge in [-0.2, -0.15) is 0 Å². The quantitative estimate of drug-likeness (QED) is 0.791. The minimum absolute atomic E-state index is 0.0992. The van der Waals surface area contributed by atoms with Gasteiger partial charge in [-0.15, -0.1) is 0 Å². The van der Waals surface area contributed by atoms with Gasteiger partial charge in [-0.25, -0.2) is 0 Å². The predicted octanol–water partition coefficient (Wildman–Crippen LogP) is 3.43. The van der Waals surface area contributed by atoms with E-state index < -0.39 is 5.97 Å². The molecule has 0 amide bonds. The number of carbonyl (C=O) groups is 1. The molecule has 1 rings (SSSR count). The van der Waals surface area contributed by atoms with Crippen LogP contribution in [0.4, 0.5) is 0 Å². The first-order valence-corrected chi connectivity index (χ1v) is 7.38. The third-order valence-electron chi connectivity index (χ3n) is 3.03. The molecule has 3 heteroatoms. The maximum atomic E-state index is 10.7. The average Bonchev–Trinajstić information content (AvgIpc) is 2.29. The summed E-state index contributed by atoms with van der Waals surface area (Å²) in [6.45, 7) is 12.1. The minimum Gasteiger partial charge on any atom is -0.481 e. The topological polar surface area (TPSA) is 40.5 Å². The van der Waals surface area contributed by atoms with E-state index in [2.05, 4.69) is 32.6 Å². The number of benzene rings is 1. The van der Waals surface area contributed by atoms with Gasteiger partial charge in [-0.3, -0.25) is 9.69 Å². The van der Waals surface area contributed by atoms with Crippen molar-refractivity contribution in [1.82, 2.24) is 4.90 Å². The second-order valence-corrected chi connectivity index (χ2v) is 6.37. The van der Waals surface area contributed by atoms with Crippen LogP contribution in [0.2, 0.25) is 0 Å². The van der Waals surface area contributed by atoms with E-state index in [1.54, 1.807) is 0 Å². The summed E-state index contributed by atoms with van der Waals surface area (Å²) in [4.78, 5) is 13.1. The van der Waals surface area contributed by atoms with Crippen LogP contribution < -0.4 is 0 Å². The van der Waals surface area contributed by atoms with Crippen molar-refractivity contribution in [3.8, 4) is 0 Å². The van der Waals surface area contributed by atoms with Crippen LogP contribution in [0.15, 0.2) is 24.3 Å². The Hall–Kier alpha value is -1.35. The lowest BCUT2D eigenvalue weighted by Gasteiger charge is -2.26. The molecule has 0 heterocycles. The molecule has 0 aliphatic heterocycles. The van der Waals surface area contributed by atoms with E-state index >= 15 is 0 Å². The normalized spacial score (nSPS) is 11.6. The molecule has 0 saturated carbocycles. The number of carboxylic acids is 1. The summed E-state index contributed by atoms with van der Waals surface area (Å²) >= 11 is 0. The largest absolute Gasteiger partial charge is 0.481 e. The van der Waals surface area contributed by atoms with Gasteiger partial charge in [0.2, 0.25) is 0 Å². The van der Waals surface area contributed by atoms with Crippen molar-refractivity contribution >= 4 is 5.97 Å². The third-order valence-corrected chi connectivity index (χ3v) is 3.03. The summed E-state index contributed by atoms with van der Waals surface area (Å²) in [6, 6.07) is 7.94. The van der Waals surface area contributed by atoms with E-state index in [1.807, 2.05) is 24.3 Å². The van der Waals surface area contributed by atoms with E-state index in [9.17, 15) is 4.79 Å². The SMILES string of the molecule is CC(C)CN(Cc1ccc(CC(=O)O)cc1)CC(C)C. The monoisotopic (exact) mass is 277 g/mol. The molecular formula is C17H27NO2. The van der Waals surface area contributed by atoms with Gasteiger partial charge in [-0.1, -0.05) is 52.0 Å². The summed E-state index contributed by atoms with van der Waals surface area (Å²) in [5.41, 5.74) is 2.11. The zero-order chi connectivity index (χ0) is 15.1. The van der Waals surface area contributed by atoms with Gasteiger partial charge in [0.15, 0.2) is 0 Å². The third kappa shape index (κ3) is 6.71. The number of hydrogen-bond donors (Lipinski definition) is 1. The Morgan fingerprint density at radius 2 is 1.45 bits per heavy atom. The molecule has 20 heavy (non-hydrogen) atoms. The summed E-state index contributed by atoms with van der Waals surface area (Å²) < 4.78 is 0. The van der Waals surface area contributed by atoms with Crippen LogP contribution >= 0.6 is 0 Å². The molecule has 0 unspecified atom stereocenters. The molecule has 0 radical (unpaired) electrons. The van der Waals surface area contributed by atoms with Gasteiger partial charge in [0.1, 0.15) is 0 Å². The molecule has 1 N–H and O–H groups in total. The molecule has 0 bridgehead atoms. The van der Waals surface area contributed by atoms with Gasteiger partial charge in [-0.05, 0) is 23.0 Å². The summed E-state index contributed by atoms with van der Waals surface area (Å²) in [5, 5.41) is 8.77. The van der Waals surface area contributed by atoms with Crippen molar-refractivity contribution < 1.29 is 9.90 Å². The molecule has 3 nitrogen and oxygen atoms in total. The van der Waals surface area contributed by atoms with Crippen molar-refractivity contribution in [2.75, 3.05) is 13.1 Å². The lowest BCUT2D eigenvalue weighted by atomic mass is 10.1. The van der Waals surface area contributed by atoms with Crippen LogP contribution in [0, 0.1) is 11.8 Å².